The van der Waals surface area contributed by atoms with Gasteiger partial charge in [0.05, 0.1) is 53.3 Å². The Balaban J connectivity index is 0.927. The number of aliphatic hydroxyl groups excluding tert-OH is 2. The highest BCUT2D eigenvalue weighted by Gasteiger charge is 2.57. The summed E-state index contributed by atoms with van der Waals surface area (Å²) in [6, 6.07) is 27.7. The number of fused-ring (bicyclic) bond motifs is 1. The number of methoxy groups -OCH3 is 2. The topological polar surface area (TPSA) is 240 Å². The highest BCUT2D eigenvalue weighted by Crippen LogP contribution is 2.50. The smallest absolute Gasteiger partial charge is 0.312 e. The molecule has 1 saturated carbocycles. The fourth-order valence-electron chi connectivity index (χ4n) is 14.1. The number of rotatable bonds is 19. The van der Waals surface area contributed by atoms with Crippen molar-refractivity contribution in [3.05, 3.63) is 114 Å². The zero-order valence-corrected chi connectivity index (χ0v) is 56.1. The number of esters is 1. The lowest BCUT2D eigenvalue weighted by molar-refractivity contribution is -0.308. The van der Waals surface area contributed by atoms with Gasteiger partial charge in [-0.15, -0.1) is 0 Å². The Morgan fingerprint density at radius 1 is 0.864 bits per heavy atom. The monoisotopic (exact) mass is 1340 g/mol. The first-order valence-electron chi connectivity index (χ1n) is 31.5. The van der Waals surface area contributed by atoms with Crippen LogP contribution in [0.1, 0.15) is 117 Å². The van der Waals surface area contributed by atoms with Gasteiger partial charge in [-0.05, 0) is 122 Å². The zero-order valence-electron chi connectivity index (χ0n) is 53.9. The summed E-state index contributed by atoms with van der Waals surface area (Å²) in [5.74, 6) is 4.93. The van der Waals surface area contributed by atoms with Gasteiger partial charge in [-0.2, -0.15) is 0 Å². The van der Waals surface area contributed by atoms with Crippen molar-refractivity contribution in [1.29, 1.82) is 0 Å². The van der Waals surface area contributed by atoms with E-state index < -0.39 is 107 Å². The fourth-order valence-corrected chi connectivity index (χ4v) is 14.7. The maximum atomic E-state index is 15.2. The number of alkyl halides is 2. The summed E-state index contributed by atoms with van der Waals surface area (Å²) in [4.78, 5) is 26.3. The third-order valence-corrected chi connectivity index (χ3v) is 21.3. The van der Waals surface area contributed by atoms with Crippen molar-refractivity contribution in [2.45, 2.75) is 195 Å². The third kappa shape index (κ3) is 16.3. The van der Waals surface area contributed by atoms with E-state index in [1.165, 1.54) is 19.0 Å². The molecule has 8 N–H and O–H groups in total. The molecule has 4 aliphatic heterocycles. The molecule has 88 heavy (non-hydrogen) atoms. The molecule has 19 nitrogen and oxygen atoms in total. The number of hydrogen-bond acceptors (Lipinski definition) is 19. The van der Waals surface area contributed by atoms with Gasteiger partial charge in [0.1, 0.15) is 36.6 Å². The summed E-state index contributed by atoms with van der Waals surface area (Å²) < 4.78 is 58.5. The van der Waals surface area contributed by atoms with Crippen LogP contribution in [-0.2, 0) is 38.0 Å². The zero-order chi connectivity index (χ0) is 64.2. The van der Waals surface area contributed by atoms with E-state index in [4.69, 9.17) is 49.7 Å². The quantitative estimate of drug-likeness (QED) is 0.0172. The van der Waals surface area contributed by atoms with Gasteiger partial charge in [0, 0.05) is 118 Å². The van der Waals surface area contributed by atoms with E-state index in [2.05, 4.69) is 70.5 Å². The minimum Gasteiger partial charge on any atom is -0.448 e. The number of halogens is 2. The Hall–Kier alpha value is -3.92. The normalized spacial score (nSPS) is 37.9. The molecule has 0 bridgehead atoms. The maximum Gasteiger partial charge on any atom is 0.312 e. The van der Waals surface area contributed by atoms with Crippen molar-refractivity contribution >= 4 is 40.0 Å². The van der Waals surface area contributed by atoms with Crippen molar-refractivity contribution in [2.75, 3.05) is 66.1 Å². The number of piperidine rings is 1. The van der Waals surface area contributed by atoms with Gasteiger partial charge in [-0.3, -0.25) is 9.79 Å². The van der Waals surface area contributed by atoms with Crippen LogP contribution < -0.4 is 16.5 Å². The molecule has 0 spiro atoms. The third-order valence-electron chi connectivity index (χ3n) is 19.7. The number of nitrogens with two attached hydrogens (primary N) is 2. The summed E-state index contributed by atoms with van der Waals surface area (Å²) in [5.41, 5.74) is 7.85. The molecular formula is C67H101FIN7O12. The summed E-state index contributed by atoms with van der Waals surface area (Å²) in [6.07, 6.45) is -4.34. The Morgan fingerprint density at radius 3 is 2.06 bits per heavy atom. The van der Waals surface area contributed by atoms with Crippen LogP contribution in [0.4, 0.5) is 10.1 Å². The van der Waals surface area contributed by atoms with Crippen LogP contribution in [-0.4, -0.2) is 202 Å². The number of carbonyl (C=O) groups is 1. The van der Waals surface area contributed by atoms with Gasteiger partial charge < -0.3 is 79.0 Å². The van der Waals surface area contributed by atoms with Gasteiger partial charge in [0.2, 0.25) is 0 Å². The molecule has 4 heterocycles. The summed E-state index contributed by atoms with van der Waals surface area (Å²) in [5, 5.41) is 48.7. The summed E-state index contributed by atoms with van der Waals surface area (Å²) >= 11 is 1.85. The molecule has 4 saturated heterocycles. The largest absolute Gasteiger partial charge is 0.448 e. The van der Waals surface area contributed by atoms with Crippen LogP contribution in [0.3, 0.4) is 0 Å². The Kier molecular flexibility index (Phi) is 23.7. The van der Waals surface area contributed by atoms with Crippen molar-refractivity contribution in [1.82, 2.24) is 14.8 Å². The SMILES string of the molecule is CO[C@H](c1ccc(N2CC3C(N=C(c4ccccc4)c4ccccc4)[C@@H]3C2)cc1)[C@@H](CF)N(N)/C=C(\N)CCN(C)[C@@H]1C[C@H](O[C@@H]2[C@@H](C)[C@H](O[C@H]3C[C@@](C)(OC)[C@@H](O)[C@H](C)O3)[C@@H](C)C(=O)O[C@H](I)[C@@](C)(O)[C@H](O)[C@@H](C)N(C)C[C@H](C)C[C@@]2(C)O)O[C@H](C)C1. The number of likely N-dealkylation sites (N-methyl/N-ethyl adjacent to an activating group) is 1. The van der Waals surface area contributed by atoms with Gasteiger partial charge in [-0.25, -0.2) is 10.2 Å². The van der Waals surface area contributed by atoms with E-state index in [-0.39, 0.29) is 36.9 Å². The first-order valence-corrected chi connectivity index (χ1v) is 32.7. The molecule has 8 rings (SSSR count). The number of hydrazine groups is 1. The first-order chi connectivity index (χ1) is 41.6. The van der Waals surface area contributed by atoms with Gasteiger partial charge in [0.15, 0.2) is 16.7 Å². The van der Waals surface area contributed by atoms with E-state index >= 15 is 4.39 Å². The first kappa shape index (κ1) is 70.0. The van der Waals surface area contributed by atoms with Crippen LogP contribution in [0.5, 0.6) is 0 Å². The standard InChI is InChI=1S/C67H101FIN7O12/c1-39-32-65(7,80)62(41(3)58(86-55-33-66(8,83-13)61(78)44(6)85-55)42(4)63(79)88-64(69)67(9,81)60(77)43(5)74(11)35-39)87-54-31-50(30-40(2)84-54)73(10)29-28-48(70)36-76(71)53(34-68)59(82-12)47-24-26-49(27-25-47)75-37-51-52(38-75)57(51)72-56(45-20-16-14-17-21-45)46-22-18-15-19-23-46/h14-27,36,39-44,50-55,57-62,64,77-78,80-81H,28-35,37-38,70-71H2,1-13H3/b48-36-/t39-,40-,41+,42-,43-,44+,50+,51-,52?,53-,54+,55+,57?,58+,59-,60-,61+,62-,64+,65-,66-,67+/m1/s1. The van der Waals surface area contributed by atoms with Gasteiger partial charge in [0.25, 0.3) is 0 Å². The fraction of sp³-hybridized carbons (Fsp3) is 0.672. The molecule has 490 valence electrons. The summed E-state index contributed by atoms with van der Waals surface area (Å²) in [7, 11) is 6.93. The number of hydrogen-bond donors (Lipinski definition) is 6. The molecule has 3 aromatic rings. The van der Waals surface area contributed by atoms with Crippen molar-refractivity contribution in [2.24, 2.45) is 46.2 Å². The van der Waals surface area contributed by atoms with Crippen LogP contribution in [0.25, 0.3) is 0 Å². The number of ether oxygens (including phenoxy) is 7. The predicted molar refractivity (Wildman–Crippen MR) is 346 cm³/mol. The highest BCUT2D eigenvalue weighted by molar-refractivity contribution is 14.1. The molecule has 5 aliphatic rings. The lowest BCUT2D eigenvalue weighted by atomic mass is 9.77. The van der Waals surface area contributed by atoms with Crippen molar-refractivity contribution in [3.63, 3.8) is 0 Å². The number of nitrogens with zero attached hydrogens (tertiary/aromatic N) is 5. The molecule has 22 atom stereocenters. The van der Waals surface area contributed by atoms with Crippen molar-refractivity contribution < 1.29 is 62.8 Å². The molecule has 0 aromatic heterocycles. The lowest BCUT2D eigenvalue weighted by Crippen LogP contribution is -2.59. The van der Waals surface area contributed by atoms with Crippen LogP contribution in [0.15, 0.2) is 102 Å². The molecule has 0 amide bonds. The van der Waals surface area contributed by atoms with Gasteiger partial charge >= 0.3 is 5.97 Å². The molecule has 5 fully saturated rings. The lowest BCUT2D eigenvalue weighted by Gasteiger charge is -2.48. The number of benzene rings is 3. The molecule has 2 unspecified atom stereocenters. The number of cyclic esters (lactones) is 1. The average molecular weight is 1340 g/mol. The number of aliphatic imine (C=N–C) groups is 1. The van der Waals surface area contributed by atoms with Crippen LogP contribution in [0, 0.1) is 29.6 Å². The van der Waals surface area contributed by atoms with E-state index in [1.807, 2.05) is 86.6 Å². The Morgan fingerprint density at radius 2 is 1.48 bits per heavy atom. The summed E-state index contributed by atoms with van der Waals surface area (Å²) in [6.45, 7) is 18.0. The van der Waals surface area contributed by atoms with E-state index in [0.717, 1.165) is 41.2 Å². The predicted octanol–water partition coefficient (Wildman–Crippen LogP) is 7.35. The van der Waals surface area contributed by atoms with Crippen molar-refractivity contribution in [3.8, 4) is 0 Å². The molecule has 3 aromatic carbocycles. The average Bonchev–Trinajstić information content (AvgIpc) is 1.80. The maximum absolute atomic E-state index is 15.2. The molecule has 21 heteroatoms. The molecule has 0 radical (unpaired) electrons. The van der Waals surface area contributed by atoms with Gasteiger partial charge in [-0.1, -0.05) is 86.6 Å². The minimum atomic E-state index is -1.85. The van der Waals surface area contributed by atoms with E-state index in [9.17, 15) is 25.2 Å². The molecular weight excluding hydrogens is 1240 g/mol. The van der Waals surface area contributed by atoms with E-state index in [0.29, 0.717) is 49.9 Å². The number of carbonyl (C=O) groups excluding carboxylic acids is 1. The second-order valence-electron chi connectivity index (χ2n) is 26.8. The molecule has 1 aliphatic carbocycles. The van der Waals surface area contributed by atoms with Crippen LogP contribution in [0.2, 0.25) is 0 Å². The number of aliphatic hydroxyl groups is 4. The second-order valence-corrected chi connectivity index (χ2v) is 27.9. The van der Waals surface area contributed by atoms with E-state index in [1.54, 1.807) is 47.9 Å². The van der Waals surface area contributed by atoms with Crippen LogP contribution >= 0.6 is 22.6 Å². The second kappa shape index (κ2) is 29.8. The highest BCUT2D eigenvalue weighted by atomic mass is 127. The Bertz CT molecular complexity index is 2720. The number of anilines is 1. The minimum absolute atomic E-state index is 0.0593. The Labute approximate surface area is 535 Å².